The van der Waals surface area contributed by atoms with E-state index in [1.165, 1.54) is 7.11 Å². The quantitative estimate of drug-likeness (QED) is 0.767. The minimum Gasteiger partial charge on any atom is -0.497 e. The summed E-state index contributed by atoms with van der Waals surface area (Å²) in [6.45, 7) is 1.63. The Morgan fingerprint density at radius 2 is 2.05 bits per heavy atom. The molecule has 0 radical (unpaired) electrons. The van der Waals surface area contributed by atoms with Gasteiger partial charge in [-0.1, -0.05) is 18.8 Å². The van der Waals surface area contributed by atoms with Gasteiger partial charge in [0.25, 0.3) is 0 Å². The van der Waals surface area contributed by atoms with Gasteiger partial charge in [-0.2, -0.15) is 0 Å². The monoisotopic (exact) mass is 312 g/mol. The topological polar surface area (TPSA) is 72.8 Å². The van der Waals surface area contributed by atoms with E-state index in [1.807, 2.05) is 6.92 Å². The molecule has 0 saturated heterocycles. The van der Waals surface area contributed by atoms with Crippen molar-refractivity contribution in [2.75, 3.05) is 31.8 Å². The molecule has 0 aliphatic carbocycles. The number of sulfone groups is 1. The second-order valence-electron chi connectivity index (χ2n) is 4.32. The van der Waals surface area contributed by atoms with Gasteiger partial charge in [-0.05, 0) is 24.6 Å². The number of ether oxygens (including phenoxy) is 2. The van der Waals surface area contributed by atoms with Crippen molar-refractivity contribution in [2.24, 2.45) is 0 Å². The smallest absolute Gasteiger partial charge is 0.153 e. The highest BCUT2D eigenvalue weighted by Gasteiger charge is 2.10. The molecule has 116 valence electrons. The SMILES string of the molecule is CCCS(=O)(=O)CCOc1ccc(OC)cc1C#CCO. The zero-order chi connectivity index (χ0) is 15.7. The predicted molar refractivity (Wildman–Crippen MR) is 81.4 cm³/mol. The van der Waals surface area contributed by atoms with Crippen molar-refractivity contribution >= 4 is 9.84 Å². The lowest BCUT2D eigenvalue weighted by atomic mass is 10.2. The average molecular weight is 312 g/mol. The van der Waals surface area contributed by atoms with Crippen LogP contribution >= 0.6 is 0 Å². The van der Waals surface area contributed by atoms with Gasteiger partial charge in [0.2, 0.25) is 0 Å². The van der Waals surface area contributed by atoms with Crippen molar-refractivity contribution in [3.8, 4) is 23.3 Å². The fourth-order valence-corrected chi connectivity index (χ4v) is 2.85. The van der Waals surface area contributed by atoms with Gasteiger partial charge in [0, 0.05) is 0 Å². The first-order valence-electron chi connectivity index (χ1n) is 6.63. The van der Waals surface area contributed by atoms with Crippen molar-refractivity contribution in [3.63, 3.8) is 0 Å². The summed E-state index contributed by atoms with van der Waals surface area (Å²) < 4.78 is 33.8. The molecule has 0 saturated carbocycles. The first-order chi connectivity index (χ1) is 10.0. The van der Waals surface area contributed by atoms with Crippen molar-refractivity contribution in [1.82, 2.24) is 0 Å². The molecule has 1 aromatic carbocycles. The number of aliphatic hydroxyl groups excluding tert-OH is 1. The summed E-state index contributed by atoms with van der Waals surface area (Å²) in [5.74, 6) is 6.52. The summed E-state index contributed by atoms with van der Waals surface area (Å²) >= 11 is 0. The normalized spacial score (nSPS) is 10.6. The largest absolute Gasteiger partial charge is 0.497 e. The molecule has 0 aliphatic heterocycles. The fraction of sp³-hybridized carbons (Fsp3) is 0.467. The second kappa shape index (κ2) is 8.55. The summed E-state index contributed by atoms with van der Waals surface area (Å²) in [7, 11) is -1.53. The molecule has 0 fully saturated rings. The van der Waals surface area contributed by atoms with E-state index in [-0.39, 0.29) is 24.7 Å². The van der Waals surface area contributed by atoms with E-state index in [0.717, 1.165) is 0 Å². The van der Waals surface area contributed by atoms with Crippen LogP contribution in [0.15, 0.2) is 18.2 Å². The number of hydrogen-bond donors (Lipinski definition) is 1. The van der Waals surface area contributed by atoms with E-state index >= 15 is 0 Å². The van der Waals surface area contributed by atoms with Crippen LogP contribution in [0, 0.1) is 11.8 Å². The molecule has 0 atom stereocenters. The lowest BCUT2D eigenvalue weighted by molar-refractivity contribution is 0.338. The first kappa shape index (κ1) is 17.3. The number of rotatable bonds is 7. The van der Waals surface area contributed by atoms with Gasteiger partial charge in [-0.25, -0.2) is 8.42 Å². The minimum atomic E-state index is -3.07. The van der Waals surface area contributed by atoms with E-state index in [9.17, 15) is 8.42 Å². The Labute approximate surface area is 125 Å². The maximum absolute atomic E-state index is 11.6. The second-order valence-corrected chi connectivity index (χ2v) is 6.63. The zero-order valence-corrected chi connectivity index (χ0v) is 13.1. The lowest BCUT2D eigenvalue weighted by Crippen LogP contribution is -2.17. The summed E-state index contributed by atoms with van der Waals surface area (Å²) in [6, 6.07) is 5.06. The van der Waals surface area contributed by atoms with Crippen LogP contribution in [0.1, 0.15) is 18.9 Å². The van der Waals surface area contributed by atoms with Crippen LogP contribution in [0.2, 0.25) is 0 Å². The van der Waals surface area contributed by atoms with Gasteiger partial charge >= 0.3 is 0 Å². The van der Waals surface area contributed by atoms with E-state index in [4.69, 9.17) is 14.6 Å². The standard InChI is InChI=1S/C15H20O5S/c1-3-10-21(17,18)11-9-20-15-7-6-14(19-2)12-13(15)5-4-8-16/h6-7,12,16H,3,8-11H2,1-2H3. The Morgan fingerprint density at radius 3 is 2.67 bits per heavy atom. The molecule has 1 rings (SSSR count). The van der Waals surface area contributed by atoms with Gasteiger partial charge in [-0.3, -0.25) is 0 Å². The minimum absolute atomic E-state index is 0.0280. The molecule has 0 amide bonds. The summed E-state index contributed by atoms with van der Waals surface area (Å²) in [4.78, 5) is 0. The van der Waals surface area contributed by atoms with Crippen LogP contribution in [-0.4, -0.2) is 45.4 Å². The molecule has 0 spiro atoms. The Bertz CT molecular complexity index is 611. The number of methoxy groups -OCH3 is 1. The maximum Gasteiger partial charge on any atom is 0.153 e. The third-order valence-electron chi connectivity index (χ3n) is 2.66. The molecule has 5 nitrogen and oxygen atoms in total. The summed E-state index contributed by atoms with van der Waals surface area (Å²) in [5, 5.41) is 8.76. The van der Waals surface area contributed by atoms with Crippen LogP contribution in [0.4, 0.5) is 0 Å². The molecular formula is C15H20O5S. The number of benzene rings is 1. The van der Waals surface area contributed by atoms with Gasteiger partial charge in [0.1, 0.15) is 24.7 Å². The fourth-order valence-electron chi connectivity index (χ4n) is 1.69. The molecule has 1 N–H and O–H groups in total. The molecular weight excluding hydrogens is 292 g/mol. The van der Waals surface area contributed by atoms with Gasteiger partial charge in [-0.15, -0.1) is 0 Å². The Morgan fingerprint density at radius 1 is 1.29 bits per heavy atom. The van der Waals surface area contributed by atoms with Gasteiger partial charge < -0.3 is 14.6 Å². The molecule has 21 heavy (non-hydrogen) atoms. The number of hydrogen-bond acceptors (Lipinski definition) is 5. The molecule has 1 aromatic rings. The van der Waals surface area contributed by atoms with Crippen LogP contribution < -0.4 is 9.47 Å². The third-order valence-corrected chi connectivity index (χ3v) is 4.47. The predicted octanol–water partition coefficient (Wildman–Crippen LogP) is 1.24. The van der Waals surface area contributed by atoms with E-state index < -0.39 is 9.84 Å². The highest BCUT2D eigenvalue weighted by molar-refractivity contribution is 7.91. The van der Waals surface area contributed by atoms with Crippen molar-refractivity contribution in [2.45, 2.75) is 13.3 Å². The molecule has 0 heterocycles. The Balaban J connectivity index is 2.78. The molecule has 0 aliphatic rings. The van der Waals surface area contributed by atoms with E-state index in [0.29, 0.717) is 23.5 Å². The van der Waals surface area contributed by atoms with Crippen molar-refractivity contribution in [3.05, 3.63) is 23.8 Å². The van der Waals surface area contributed by atoms with Crippen LogP contribution in [0.5, 0.6) is 11.5 Å². The highest BCUT2D eigenvalue weighted by atomic mass is 32.2. The van der Waals surface area contributed by atoms with E-state index in [1.54, 1.807) is 18.2 Å². The molecule has 0 unspecified atom stereocenters. The number of aliphatic hydroxyl groups is 1. The van der Waals surface area contributed by atoms with Gasteiger partial charge in [0.05, 0.1) is 24.2 Å². The van der Waals surface area contributed by atoms with Crippen molar-refractivity contribution in [1.29, 1.82) is 0 Å². The lowest BCUT2D eigenvalue weighted by Gasteiger charge is -2.10. The van der Waals surface area contributed by atoms with Crippen LogP contribution in [0.3, 0.4) is 0 Å². The molecule has 0 bridgehead atoms. The van der Waals surface area contributed by atoms with Crippen LogP contribution in [0.25, 0.3) is 0 Å². The Hall–Kier alpha value is -1.71. The highest BCUT2D eigenvalue weighted by Crippen LogP contribution is 2.23. The molecule has 6 heteroatoms. The average Bonchev–Trinajstić information content (AvgIpc) is 2.45. The first-order valence-corrected chi connectivity index (χ1v) is 8.45. The Kier molecular flexibility index (Phi) is 7.06. The van der Waals surface area contributed by atoms with Crippen molar-refractivity contribution < 1.29 is 23.0 Å². The van der Waals surface area contributed by atoms with Crippen LogP contribution in [-0.2, 0) is 9.84 Å². The van der Waals surface area contributed by atoms with E-state index in [2.05, 4.69) is 11.8 Å². The summed E-state index contributed by atoms with van der Waals surface area (Å²) in [5.41, 5.74) is 0.552. The zero-order valence-electron chi connectivity index (χ0n) is 12.3. The van der Waals surface area contributed by atoms with Gasteiger partial charge in [0.15, 0.2) is 9.84 Å². The maximum atomic E-state index is 11.6. The summed E-state index contributed by atoms with van der Waals surface area (Å²) in [6.07, 6.45) is 0.595. The molecule has 0 aromatic heterocycles. The third kappa shape index (κ3) is 6.06.